The molecule has 3 heteroatoms. The van der Waals surface area contributed by atoms with Crippen LogP contribution < -0.4 is 5.32 Å². The normalized spacial score (nSPS) is 19.9. The lowest BCUT2D eigenvalue weighted by atomic mass is 10.0. The van der Waals surface area contributed by atoms with Crippen LogP contribution in [-0.4, -0.2) is 29.5 Å². The number of aromatic nitrogens is 1. The smallest absolute Gasteiger partial charge is 0.0476 e. The summed E-state index contributed by atoms with van der Waals surface area (Å²) < 4.78 is 0. The zero-order valence-corrected chi connectivity index (χ0v) is 11.9. The van der Waals surface area contributed by atoms with E-state index in [9.17, 15) is 0 Å². The van der Waals surface area contributed by atoms with Gasteiger partial charge in [-0.3, -0.25) is 9.88 Å². The topological polar surface area (TPSA) is 28.2 Å². The number of aryl methyl sites for hydroxylation is 1. The van der Waals surface area contributed by atoms with Gasteiger partial charge in [0.05, 0.1) is 0 Å². The van der Waals surface area contributed by atoms with Gasteiger partial charge in [-0.15, -0.1) is 0 Å². The summed E-state index contributed by atoms with van der Waals surface area (Å²) in [6.07, 6.45) is 1.87. The summed E-state index contributed by atoms with van der Waals surface area (Å²) in [5.41, 5.74) is 3.86. The quantitative estimate of drug-likeness (QED) is 0.926. The molecule has 0 aliphatic carbocycles. The van der Waals surface area contributed by atoms with Crippen molar-refractivity contribution >= 4 is 0 Å². The van der Waals surface area contributed by atoms with Gasteiger partial charge in [-0.25, -0.2) is 0 Å². The van der Waals surface area contributed by atoms with Crippen molar-refractivity contribution in [1.82, 2.24) is 15.2 Å². The van der Waals surface area contributed by atoms with E-state index in [-0.39, 0.29) is 0 Å². The van der Waals surface area contributed by atoms with Crippen LogP contribution >= 0.6 is 0 Å². The molecule has 3 nitrogen and oxygen atoms in total. The first kappa shape index (κ1) is 13.3. The molecule has 1 aromatic carbocycles. The van der Waals surface area contributed by atoms with Crippen molar-refractivity contribution in [3.8, 4) is 0 Å². The summed E-state index contributed by atoms with van der Waals surface area (Å²) in [5.74, 6) is 0. The van der Waals surface area contributed by atoms with Crippen molar-refractivity contribution in [2.75, 3.05) is 19.6 Å². The minimum absolute atomic E-state index is 0.449. The molecule has 0 amide bonds. The molecular weight excluding hydrogens is 246 g/mol. The summed E-state index contributed by atoms with van der Waals surface area (Å²) in [4.78, 5) is 6.95. The molecule has 0 saturated carbocycles. The Morgan fingerprint density at radius 3 is 2.85 bits per heavy atom. The highest BCUT2D eigenvalue weighted by Crippen LogP contribution is 2.24. The molecule has 2 aromatic rings. The molecule has 1 fully saturated rings. The average Bonchev–Trinajstić information content (AvgIpc) is 2.51. The van der Waals surface area contributed by atoms with Crippen LogP contribution in [0.25, 0.3) is 0 Å². The SMILES string of the molecule is Cc1ncccc1CN1CCNCC1c1ccccc1. The number of nitrogens with zero attached hydrogens (tertiary/aromatic N) is 2. The van der Waals surface area contributed by atoms with E-state index in [2.05, 4.69) is 58.5 Å². The predicted molar refractivity (Wildman–Crippen MR) is 81.4 cm³/mol. The second-order valence-electron chi connectivity index (χ2n) is 5.35. The highest BCUT2D eigenvalue weighted by Gasteiger charge is 2.23. The van der Waals surface area contributed by atoms with Gasteiger partial charge in [0.1, 0.15) is 0 Å². The lowest BCUT2D eigenvalue weighted by molar-refractivity contribution is 0.153. The standard InChI is InChI=1S/C17H21N3/c1-14-16(8-5-9-19-14)13-20-11-10-18-12-17(20)15-6-3-2-4-7-15/h2-9,17-18H,10-13H2,1H3. The molecule has 104 valence electrons. The first-order valence-corrected chi connectivity index (χ1v) is 7.25. The summed E-state index contributed by atoms with van der Waals surface area (Å²) in [6.45, 7) is 6.22. The molecule has 1 unspecified atom stereocenters. The van der Waals surface area contributed by atoms with Crippen molar-refractivity contribution in [2.45, 2.75) is 19.5 Å². The highest BCUT2D eigenvalue weighted by atomic mass is 15.2. The van der Waals surface area contributed by atoms with E-state index in [4.69, 9.17) is 0 Å². The molecule has 0 spiro atoms. The van der Waals surface area contributed by atoms with Crippen LogP contribution in [0.15, 0.2) is 48.7 Å². The molecule has 3 rings (SSSR count). The maximum Gasteiger partial charge on any atom is 0.0476 e. The van der Waals surface area contributed by atoms with Gasteiger partial charge in [0.15, 0.2) is 0 Å². The van der Waals surface area contributed by atoms with Gasteiger partial charge in [-0.05, 0) is 24.1 Å². The Bertz CT molecular complexity index is 553. The second-order valence-corrected chi connectivity index (χ2v) is 5.35. The monoisotopic (exact) mass is 267 g/mol. The second kappa shape index (κ2) is 6.16. The molecule has 0 bridgehead atoms. The third-order valence-electron chi connectivity index (χ3n) is 4.03. The molecule has 1 aliphatic heterocycles. The minimum atomic E-state index is 0.449. The largest absolute Gasteiger partial charge is 0.314 e. The minimum Gasteiger partial charge on any atom is -0.314 e. The fourth-order valence-electron chi connectivity index (χ4n) is 2.84. The average molecular weight is 267 g/mol. The number of hydrogen-bond acceptors (Lipinski definition) is 3. The fraction of sp³-hybridized carbons (Fsp3) is 0.353. The molecule has 20 heavy (non-hydrogen) atoms. The zero-order valence-electron chi connectivity index (χ0n) is 11.9. The maximum absolute atomic E-state index is 4.40. The van der Waals surface area contributed by atoms with Crippen LogP contribution in [0.2, 0.25) is 0 Å². The van der Waals surface area contributed by atoms with Crippen LogP contribution in [0.3, 0.4) is 0 Å². The summed E-state index contributed by atoms with van der Waals surface area (Å²) in [7, 11) is 0. The van der Waals surface area contributed by atoms with Gasteiger partial charge < -0.3 is 5.32 Å². The lowest BCUT2D eigenvalue weighted by Gasteiger charge is -2.36. The molecule has 1 aromatic heterocycles. The third-order valence-corrected chi connectivity index (χ3v) is 4.03. The third kappa shape index (κ3) is 2.89. The molecule has 1 saturated heterocycles. The van der Waals surface area contributed by atoms with Crippen molar-refractivity contribution in [3.63, 3.8) is 0 Å². The van der Waals surface area contributed by atoms with E-state index < -0.39 is 0 Å². The van der Waals surface area contributed by atoms with Crippen LogP contribution in [0, 0.1) is 6.92 Å². The number of hydrogen-bond donors (Lipinski definition) is 1. The first-order chi connectivity index (χ1) is 9.84. The fourth-order valence-corrected chi connectivity index (χ4v) is 2.84. The van der Waals surface area contributed by atoms with Gasteiger partial charge in [-0.2, -0.15) is 0 Å². The van der Waals surface area contributed by atoms with Crippen LogP contribution in [0.5, 0.6) is 0 Å². The van der Waals surface area contributed by atoms with Gasteiger partial charge in [0.25, 0.3) is 0 Å². The summed E-state index contributed by atoms with van der Waals surface area (Å²) in [5, 5.41) is 3.51. The molecule has 0 radical (unpaired) electrons. The molecule has 2 heterocycles. The van der Waals surface area contributed by atoms with Gasteiger partial charge in [0, 0.05) is 44.1 Å². The van der Waals surface area contributed by atoms with Gasteiger partial charge in [-0.1, -0.05) is 36.4 Å². The molecule has 1 N–H and O–H groups in total. The van der Waals surface area contributed by atoms with Crippen molar-refractivity contribution in [1.29, 1.82) is 0 Å². The summed E-state index contributed by atoms with van der Waals surface area (Å²) >= 11 is 0. The Morgan fingerprint density at radius 1 is 1.20 bits per heavy atom. The van der Waals surface area contributed by atoms with Crippen molar-refractivity contribution in [3.05, 3.63) is 65.5 Å². The van der Waals surface area contributed by atoms with Crippen LogP contribution in [0.4, 0.5) is 0 Å². The van der Waals surface area contributed by atoms with Gasteiger partial charge in [0.2, 0.25) is 0 Å². The number of pyridine rings is 1. The molecule has 1 atom stereocenters. The van der Waals surface area contributed by atoms with E-state index in [0.29, 0.717) is 6.04 Å². The summed E-state index contributed by atoms with van der Waals surface area (Å²) in [6, 6.07) is 15.4. The van der Waals surface area contributed by atoms with Crippen LogP contribution in [-0.2, 0) is 6.54 Å². The van der Waals surface area contributed by atoms with E-state index in [1.54, 1.807) is 0 Å². The Hall–Kier alpha value is -1.71. The number of benzene rings is 1. The van der Waals surface area contributed by atoms with E-state index in [0.717, 1.165) is 31.9 Å². The Morgan fingerprint density at radius 2 is 2.05 bits per heavy atom. The number of rotatable bonds is 3. The Balaban J connectivity index is 1.81. The van der Waals surface area contributed by atoms with E-state index in [1.165, 1.54) is 11.1 Å². The number of nitrogens with one attached hydrogen (secondary N) is 1. The highest BCUT2D eigenvalue weighted by molar-refractivity contribution is 5.22. The number of piperazine rings is 1. The lowest BCUT2D eigenvalue weighted by Crippen LogP contribution is -2.45. The van der Waals surface area contributed by atoms with Crippen molar-refractivity contribution in [2.24, 2.45) is 0 Å². The van der Waals surface area contributed by atoms with Crippen LogP contribution in [0.1, 0.15) is 22.9 Å². The molecule has 1 aliphatic rings. The Labute approximate surface area is 120 Å². The van der Waals surface area contributed by atoms with Crippen molar-refractivity contribution < 1.29 is 0 Å². The zero-order chi connectivity index (χ0) is 13.8. The molecular formula is C17H21N3. The Kier molecular flexibility index (Phi) is 4.09. The predicted octanol–water partition coefficient (Wildman–Crippen LogP) is 2.54. The first-order valence-electron chi connectivity index (χ1n) is 7.25. The van der Waals surface area contributed by atoms with E-state index in [1.807, 2.05) is 12.3 Å². The van der Waals surface area contributed by atoms with Gasteiger partial charge >= 0.3 is 0 Å². The van der Waals surface area contributed by atoms with E-state index >= 15 is 0 Å². The maximum atomic E-state index is 4.40.